The van der Waals surface area contributed by atoms with Crippen molar-refractivity contribution in [2.75, 3.05) is 0 Å². The van der Waals surface area contributed by atoms with Crippen molar-refractivity contribution < 1.29 is 51.7 Å². The fraction of sp³-hybridized carbons (Fsp3) is 0.213. The number of alkyl halides is 3. The van der Waals surface area contributed by atoms with Crippen LogP contribution in [0.2, 0.25) is 0 Å². The van der Waals surface area contributed by atoms with Gasteiger partial charge in [-0.25, -0.2) is 4.98 Å². The van der Waals surface area contributed by atoms with Gasteiger partial charge in [0.05, 0.1) is 28.5 Å². The second kappa shape index (κ2) is 28.0. The molecule has 6 heterocycles. The quantitative estimate of drug-likeness (QED) is 0.0153. The summed E-state index contributed by atoms with van der Waals surface area (Å²) < 4.78 is 48.8. The second-order valence-electron chi connectivity index (χ2n) is 17.8. The third-order valence-electron chi connectivity index (χ3n) is 12.6. The Morgan fingerprint density at radius 2 is 1.26 bits per heavy atom. The maximum atomic E-state index is 12.9. The van der Waals surface area contributed by atoms with Crippen LogP contribution < -0.4 is 14.6 Å². The number of hydrogen-bond donors (Lipinski definition) is 0. The molecule has 0 amide bonds. The average molecular weight is 1170 g/mol. The summed E-state index contributed by atoms with van der Waals surface area (Å²) in [5, 5.41) is 22.6. The van der Waals surface area contributed by atoms with Crippen LogP contribution in [0.15, 0.2) is 134 Å². The molecule has 4 aromatic carbocycles. The molecule has 0 radical (unpaired) electrons. The van der Waals surface area contributed by atoms with Crippen molar-refractivity contribution in [3.63, 3.8) is 0 Å². The zero-order valence-electron chi connectivity index (χ0n) is 42.5. The normalized spacial score (nSPS) is 10.8. The molecule has 0 aliphatic rings. The van der Waals surface area contributed by atoms with Crippen LogP contribution in [0.3, 0.4) is 0 Å². The molecule has 0 saturated carbocycles. The second-order valence-corrected chi connectivity index (χ2v) is 19.2. The molecular weight excluding hydrogens is 1120 g/mol. The maximum Gasteiger partial charge on any atom is 2.00 e. The minimum atomic E-state index is -4.51. The monoisotopic (exact) mass is 1170 g/mol. The Labute approximate surface area is 471 Å². The van der Waals surface area contributed by atoms with E-state index in [9.17, 15) is 22.8 Å². The summed E-state index contributed by atoms with van der Waals surface area (Å²) in [6.45, 7) is 5.10. The summed E-state index contributed by atoms with van der Waals surface area (Å²) >= 11 is 5.50. The minimum Gasteiger partial charge on any atom is -0.753 e. The van der Waals surface area contributed by atoms with Crippen molar-refractivity contribution in [2.24, 2.45) is 0 Å². The first-order valence-electron chi connectivity index (χ1n) is 25.0. The summed E-state index contributed by atoms with van der Waals surface area (Å²) in [5.41, 5.74) is 5.42. The number of unbranched alkanes of at least 4 members (excludes halogenated alkanes) is 6. The third kappa shape index (κ3) is 14.6. The molecule has 0 aliphatic carbocycles. The van der Waals surface area contributed by atoms with Gasteiger partial charge in [0, 0.05) is 57.7 Å². The van der Waals surface area contributed by atoms with Crippen LogP contribution in [-0.2, 0) is 48.1 Å². The van der Waals surface area contributed by atoms with Gasteiger partial charge < -0.3 is 25.1 Å². The van der Waals surface area contributed by atoms with E-state index in [1.807, 2.05) is 24.3 Å². The van der Waals surface area contributed by atoms with Gasteiger partial charge in [-0.05, 0) is 118 Å². The van der Waals surface area contributed by atoms with Crippen molar-refractivity contribution in [1.29, 1.82) is 0 Å². The van der Waals surface area contributed by atoms with Crippen LogP contribution >= 0.6 is 23.6 Å². The van der Waals surface area contributed by atoms with Gasteiger partial charge in [-0.1, -0.05) is 131 Å². The Morgan fingerprint density at radius 3 is 1.94 bits per heavy atom. The van der Waals surface area contributed by atoms with Crippen LogP contribution in [0.25, 0.3) is 82.3 Å². The molecule has 78 heavy (non-hydrogen) atoms. The number of ether oxygens (including phenoxy) is 2. The number of nitrogens with zero attached hydrogens (tertiary/aromatic N) is 7. The van der Waals surface area contributed by atoms with E-state index in [1.54, 1.807) is 48.0 Å². The average Bonchev–Trinajstić information content (AvgIpc) is 4.18. The van der Waals surface area contributed by atoms with Crippen LogP contribution in [0, 0.1) is 11.8 Å². The molecule has 0 unspecified atom stereocenters. The zero-order chi connectivity index (χ0) is 54.2. The summed E-state index contributed by atoms with van der Waals surface area (Å²) in [7, 11) is 0. The largest absolute Gasteiger partial charge is 2.00 e. The summed E-state index contributed by atoms with van der Waals surface area (Å²) in [6, 6.07) is 36.2. The van der Waals surface area contributed by atoms with Crippen molar-refractivity contribution >= 4 is 74.0 Å². The molecule has 10 aromatic rings. The third-order valence-corrected chi connectivity index (χ3v) is 13.9. The Balaban J connectivity index is 0.000000220. The molecular formula is C61H50F3N7O4RuS2. The van der Waals surface area contributed by atoms with E-state index < -0.39 is 11.9 Å². The van der Waals surface area contributed by atoms with Crippen LogP contribution in [0.4, 0.5) is 13.2 Å². The fourth-order valence-electron chi connectivity index (χ4n) is 8.98. The molecule has 0 N–H and O–H groups in total. The molecule has 6 aromatic heterocycles. The van der Waals surface area contributed by atoms with E-state index >= 15 is 0 Å². The minimum absolute atomic E-state index is 0. The molecule has 17 heteroatoms. The smallest absolute Gasteiger partial charge is 0.753 e. The number of aryl methyl sites for hydroxylation is 2. The number of halogens is 3. The van der Waals surface area contributed by atoms with E-state index in [4.69, 9.17) is 19.9 Å². The molecule has 0 spiro atoms. The van der Waals surface area contributed by atoms with Crippen LogP contribution in [0.1, 0.15) is 92.5 Å². The van der Waals surface area contributed by atoms with E-state index in [2.05, 4.69) is 124 Å². The van der Waals surface area contributed by atoms with Gasteiger partial charge in [0.25, 0.3) is 12.9 Å². The molecule has 10 rings (SSSR count). The van der Waals surface area contributed by atoms with Crippen LogP contribution in [0.5, 0.6) is 11.5 Å². The van der Waals surface area contributed by atoms with E-state index in [0.717, 1.165) is 47.4 Å². The molecule has 0 saturated heterocycles. The summed E-state index contributed by atoms with van der Waals surface area (Å²) in [5.74, 6) is 7.22. The number of aromatic nitrogens is 6. The number of isothiocyanates is 1. The SMILES string of the molecule is CCCCCCc1cc(CCCCCC)c(-c2ccnc(-c3cc(C(F)(F)F)n[n-]3)c2)s1.O=COc1ccnc(-c2cc(OC=O)cc(-c3cc(C#Cc4ccc5ccc6cccc7ccc4c5c67)ccn3)n2)c1.[N-]=C=S.[Ru+2]. The molecule has 0 atom stereocenters. The number of rotatable bonds is 18. The zero-order valence-corrected chi connectivity index (χ0v) is 45.9. The Hall–Kier alpha value is -7.86. The molecule has 394 valence electrons. The van der Waals surface area contributed by atoms with E-state index in [0.29, 0.717) is 47.2 Å². The van der Waals surface area contributed by atoms with Gasteiger partial charge in [-0.3, -0.25) is 24.5 Å². The van der Waals surface area contributed by atoms with Crippen molar-refractivity contribution in [3.8, 4) is 67.9 Å². The maximum absolute atomic E-state index is 12.9. The number of pyridine rings is 4. The Bertz CT molecular complexity index is 3740. The number of hydrogen-bond acceptors (Lipinski definition) is 11. The summed E-state index contributed by atoms with van der Waals surface area (Å²) in [6.07, 6.45) is 12.1. The number of carbonyl (C=O) groups excluding carboxylic acids is 2. The molecule has 11 nitrogen and oxygen atoms in total. The first-order valence-corrected chi connectivity index (χ1v) is 26.3. The van der Waals surface area contributed by atoms with Crippen LogP contribution in [-0.4, -0.2) is 43.1 Å². The van der Waals surface area contributed by atoms with E-state index in [1.165, 1.54) is 98.6 Å². The van der Waals surface area contributed by atoms with Crippen molar-refractivity contribution in [3.05, 3.63) is 167 Å². The Kier molecular flexibility index (Phi) is 20.7. The molecule has 0 bridgehead atoms. The van der Waals surface area contributed by atoms with Gasteiger partial charge in [0.2, 0.25) is 0 Å². The van der Waals surface area contributed by atoms with Crippen molar-refractivity contribution in [1.82, 2.24) is 30.1 Å². The Morgan fingerprint density at radius 1 is 0.654 bits per heavy atom. The number of thiocarbonyl (C=S) groups is 1. The number of benzene rings is 4. The standard InChI is InChI=1S/C35H19N3O4.C25H31F3N3S.CNS.Ru/c39-20-41-27-13-15-37-31(17-27)33-19-28(42-21-40)18-32(38-33)30-16-22(12-14-36-30)4-5-23-6-7-26-9-8-24-2-1-3-25-10-11-29(23)35(26)34(24)25;1-3-5-7-9-11-18-15-20(12-10-8-6-4-2)32-24(18)19-13-14-29-21(16-19)22-17-23(31-30-22)25(26,27)28;2-1-3;/h1-3,6-21H;13-17H,3-12H2,1-2H3;;/q;2*-1;+2. The predicted octanol–water partition coefficient (Wildman–Crippen LogP) is 15.3. The first-order chi connectivity index (χ1) is 37.5. The molecule has 0 fully saturated rings. The van der Waals surface area contributed by atoms with E-state index in [-0.39, 0.29) is 30.9 Å². The van der Waals surface area contributed by atoms with Gasteiger partial charge in [0.1, 0.15) is 17.2 Å². The van der Waals surface area contributed by atoms with Crippen molar-refractivity contribution in [2.45, 2.75) is 84.2 Å². The topological polar surface area (TPSA) is 153 Å². The number of thiophene rings is 1. The first kappa shape index (κ1) is 57.8. The fourth-order valence-corrected chi connectivity index (χ4v) is 10.2. The van der Waals surface area contributed by atoms with Gasteiger partial charge >= 0.3 is 25.7 Å². The van der Waals surface area contributed by atoms with Gasteiger partial charge in [-0.15, -0.1) is 11.3 Å². The van der Waals surface area contributed by atoms with Gasteiger partial charge in [-0.2, -0.15) is 18.3 Å². The molecule has 0 aliphatic heterocycles. The van der Waals surface area contributed by atoms with Gasteiger partial charge in [0.15, 0.2) is 0 Å². The number of carbonyl (C=O) groups is 2. The summed E-state index contributed by atoms with van der Waals surface area (Å²) in [4.78, 5) is 42.3. The predicted molar refractivity (Wildman–Crippen MR) is 301 cm³/mol.